The SMILES string of the molecule is CCC(C)(C)C(=O)C(=O)N1CCCC[C@H]1C(=O)O[C@H](CCc1ccc(OC)c(OC)c1)c1cccc(NC(C)=O)c1. The Labute approximate surface area is 242 Å². The number of anilines is 1. The van der Waals surface area contributed by atoms with Crippen molar-refractivity contribution in [1.82, 2.24) is 4.90 Å². The van der Waals surface area contributed by atoms with E-state index in [9.17, 15) is 19.2 Å². The van der Waals surface area contributed by atoms with E-state index >= 15 is 0 Å². The lowest BCUT2D eigenvalue weighted by molar-refractivity contribution is -0.164. The molecule has 0 aromatic heterocycles. The van der Waals surface area contributed by atoms with E-state index in [1.807, 2.05) is 31.2 Å². The Morgan fingerprint density at radius 3 is 2.41 bits per heavy atom. The predicted octanol–water partition coefficient (Wildman–Crippen LogP) is 5.27. The van der Waals surface area contributed by atoms with Gasteiger partial charge < -0.3 is 24.4 Å². The van der Waals surface area contributed by atoms with Gasteiger partial charge in [-0.05, 0) is 73.9 Å². The van der Waals surface area contributed by atoms with Crippen LogP contribution < -0.4 is 14.8 Å². The summed E-state index contributed by atoms with van der Waals surface area (Å²) in [5, 5.41) is 2.77. The minimum atomic E-state index is -0.838. The zero-order valence-corrected chi connectivity index (χ0v) is 25.0. The molecule has 1 fully saturated rings. The Balaban J connectivity index is 1.87. The van der Waals surface area contributed by atoms with Gasteiger partial charge in [0.1, 0.15) is 12.1 Å². The minimum absolute atomic E-state index is 0.211. The average Bonchev–Trinajstić information content (AvgIpc) is 2.97. The number of Topliss-reactive ketones (excluding diaryl/α,β-unsaturated/α-hetero) is 1. The van der Waals surface area contributed by atoms with Crippen LogP contribution in [-0.2, 0) is 30.3 Å². The Morgan fingerprint density at radius 2 is 1.76 bits per heavy atom. The molecule has 0 spiro atoms. The van der Waals surface area contributed by atoms with Crippen LogP contribution in [0.2, 0.25) is 0 Å². The molecule has 1 aliphatic rings. The number of amides is 2. The van der Waals surface area contributed by atoms with Crippen molar-refractivity contribution in [2.45, 2.75) is 78.4 Å². The number of methoxy groups -OCH3 is 2. The Bertz CT molecular complexity index is 1260. The summed E-state index contributed by atoms with van der Waals surface area (Å²) in [7, 11) is 3.15. The van der Waals surface area contributed by atoms with Crippen LogP contribution in [0, 0.1) is 5.41 Å². The van der Waals surface area contributed by atoms with Crippen molar-refractivity contribution < 1.29 is 33.4 Å². The molecule has 2 amide bonds. The second-order valence-electron chi connectivity index (χ2n) is 11.0. The van der Waals surface area contributed by atoms with Crippen molar-refractivity contribution in [2.75, 3.05) is 26.1 Å². The number of nitrogens with one attached hydrogen (secondary N) is 1. The molecule has 0 bridgehead atoms. The molecule has 2 aromatic carbocycles. The zero-order valence-electron chi connectivity index (χ0n) is 25.0. The maximum atomic E-state index is 13.7. The molecular formula is C32H42N2O7. The number of hydrogen-bond donors (Lipinski definition) is 1. The molecule has 1 aliphatic heterocycles. The lowest BCUT2D eigenvalue weighted by atomic mass is 9.84. The first kappa shape index (κ1) is 31.6. The molecule has 9 heteroatoms. The van der Waals surface area contributed by atoms with Gasteiger partial charge in [0, 0.05) is 24.6 Å². The number of esters is 1. The van der Waals surface area contributed by atoms with Crippen LogP contribution in [0.25, 0.3) is 0 Å². The van der Waals surface area contributed by atoms with Crippen molar-refractivity contribution in [3.8, 4) is 11.5 Å². The van der Waals surface area contributed by atoms with Gasteiger partial charge in [-0.3, -0.25) is 14.4 Å². The molecule has 1 saturated heterocycles. The smallest absolute Gasteiger partial charge is 0.329 e. The van der Waals surface area contributed by atoms with E-state index in [4.69, 9.17) is 14.2 Å². The highest BCUT2D eigenvalue weighted by Gasteiger charge is 2.41. The molecule has 0 unspecified atom stereocenters. The van der Waals surface area contributed by atoms with Gasteiger partial charge in [0.15, 0.2) is 11.5 Å². The van der Waals surface area contributed by atoms with Gasteiger partial charge in [0.05, 0.1) is 14.2 Å². The van der Waals surface area contributed by atoms with Crippen LogP contribution in [0.5, 0.6) is 11.5 Å². The number of ether oxygens (including phenoxy) is 3. The molecule has 3 rings (SSSR count). The fourth-order valence-electron chi connectivity index (χ4n) is 4.87. The third-order valence-corrected chi connectivity index (χ3v) is 7.71. The summed E-state index contributed by atoms with van der Waals surface area (Å²) in [6.07, 6.45) is 2.75. The fraction of sp³-hybridized carbons (Fsp3) is 0.500. The topological polar surface area (TPSA) is 111 Å². The highest BCUT2D eigenvalue weighted by atomic mass is 16.5. The van der Waals surface area contributed by atoms with Crippen molar-refractivity contribution >= 4 is 29.3 Å². The van der Waals surface area contributed by atoms with Crippen molar-refractivity contribution in [2.24, 2.45) is 5.41 Å². The van der Waals surface area contributed by atoms with Gasteiger partial charge >= 0.3 is 5.97 Å². The van der Waals surface area contributed by atoms with Crippen molar-refractivity contribution in [3.05, 3.63) is 53.6 Å². The predicted molar refractivity (Wildman–Crippen MR) is 156 cm³/mol. The molecule has 222 valence electrons. The second-order valence-corrected chi connectivity index (χ2v) is 11.0. The largest absolute Gasteiger partial charge is 0.493 e. The summed E-state index contributed by atoms with van der Waals surface area (Å²) >= 11 is 0. The number of rotatable bonds is 12. The number of carbonyl (C=O) groups excluding carboxylic acids is 4. The lowest BCUT2D eigenvalue weighted by Gasteiger charge is -2.36. The summed E-state index contributed by atoms with van der Waals surface area (Å²) in [5.41, 5.74) is 1.45. The highest BCUT2D eigenvalue weighted by molar-refractivity contribution is 6.38. The van der Waals surface area contributed by atoms with E-state index in [1.54, 1.807) is 46.3 Å². The lowest BCUT2D eigenvalue weighted by Crippen LogP contribution is -2.53. The number of likely N-dealkylation sites (tertiary alicyclic amines) is 1. The summed E-state index contributed by atoms with van der Waals surface area (Å²) in [6, 6.07) is 12.0. The third-order valence-electron chi connectivity index (χ3n) is 7.71. The molecule has 0 saturated carbocycles. The van der Waals surface area contributed by atoms with Gasteiger partial charge in [-0.2, -0.15) is 0 Å². The van der Waals surface area contributed by atoms with Gasteiger partial charge in [-0.1, -0.05) is 39.0 Å². The van der Waals surface area contributed by atoms with Crippen molar-refractivity contribution in [1.29, 1.82) is 0 Å². The molecule has 41 heavy (non-hydrogen) atoms. The summed E-state index contributed by atoms with van der Waals surface area (Å²) in [4.78, 5) is 53.0. The van der Waals surface area contributed by atoms with E-state index in [0.717, 1.165) is 18.4 Å². The highest BCUT2D eigenvalue weighted by Crippen LogP contribution is 2.32. The standard InChI is InChI=1S/C32H42N2O7/c1-7-32(3,4)29(36)30(37)34-18-9-8-13-25(34)31(38)41-26(23-11-10-12-24(20-23)33-21(2)35)16-14-22-15-17-27(39-5)28(19-22)40-6/h10-12,15,17,19-20,25-26H,7-9,13-14,16,18H2,1-6H3,(H,33,35)/t25-,26+/m0/s1. The third kappa shape index (κ3) is 8.08. The van der Waals surface area contributed by atoms with Crippen LogP contribution in [0.1, 0.15) is 77.0 Å². The van der Waals surface area contributed by atoms with E-state index < -0.39 is 35.2 Å². The second kappa shape index (κ2) is 14.1. The summed E-state index contributed by atoms with van der Waals surface area (Å²) in [5.74, 6) is -0.660. The fourth-order valence-corrected chi connectivity index (χ4v) is 4.87. The Kier molecular flexibility index (Phi) is 10.9. The minimum Gasteiger partial charge on any atom is -0.493 e. The monoisotopic (exact) mass is 566 g/mol. The first-order chi connectivity index (χ1) is 19.5. The first-order valence-corrected chi connectivity index (χ1v) is 14.1. The van der Waals surface area contributed by atoms with E-state index in [1.165, 1.54) is 11.8 Å². The van der Waals surface area contributed by atoms with Gasteiger partial charge in [-0.15, -0.1) is 0 Å². The average molecular weight is 567 g/mol. The van der Waals surface area contributed by atoms with E-state index in [-0.39, 0.29) is 5.91 Å². The summed E-state index contributed by atoms with van der Waals surface area (Å²) < 4.78 is 16.9. The Hall–Kier alpha value is -3.88. The van der Waals surface area contributed by atoms with Gasteiger partial charge in [-0.25, -0.2) is 4.79 Å². The van der Waals surface area contributed by atoms with Gasteiger partial charge in [0.2, 0.25) is 11.7 Å². The maximum absolute atomic E-state index is 13.7. The molecule has 2 aromatic rings. The molecule has 1 N–H and O–H groups in total. The first-order valence-electron chi connectivity index (χ1n) is 14.1. The molecule has 0 radical (unpaired) electrons. The molecule has 2 atom stereocenters. The number of ketones is 1. The van der Waals surface area contributed by atoms with E-state index in [0.29, 0.717) is 55.0 Å². The zero-order chi connectivity index (χ0) is 30.2. The number of hydrogen-bond acceptors (Lipinski definition) is 7. The normalized spacial score (nSPS) is 16.0. The maximum Gasteiger partial charge on any atom is 0.329 e. The van der Waals surface area contributed by atoms with Crippen LogP contribution in [0.4, 0.5) is 5.69 Å². The van der Waals surface area contributed by atoms with Crippen molar-refractivity contribution in [3.63, 3.8) is 0 Å². The number of benzene rings is 2. The van der Waals surface area contributed by atoms with Gasteiger partial charge in [0.25, 0.3) is 5.91 Å². The van der Waals surface area contributed by atoms with Crippen LogP contribution in [0.15, 0.2) is 42.5 Å². The van der Waals surface area contributed by atoms with Crippen LogP contribution >= 0.6 is 0 Å². The number of piperidine rings is 1. The molecule has 1 heterocycles. The van der Waals surface area contributed by atoms with Crippen LogP contribution in [0.3, 0.4) is 0 Å². The Morgan fingerprint density at radius 1 is 1.02 bits per heavy atom. The number of aryl methyl sites for hydroxylation is 1. The molecule has 9 nitrogen and oxygen atoms in total. The summed E-state index contributed by atoms with van der Waals surface area (Å²) in [6.45, 7) is 7.12. The molecule has 0 aliphatic carbocycles. The number of nitrogens with zero attached hydrogens (tertiary/aromatic N) is 1. The van der Waals surface area contributed by atoms with Crippen LogP contribution in [-0.4, -0.2) is 55.3 Å². The molecular weight excluding hydrogens is 524 g/mol. The van der Waals surface area contributed by atoms with E-state index in [2.05, 4.69) is 5.32 Å². The number of carbonyl (C=O) groups is 4. The quantitative estimate of drug-likeness (QED) is 0.275.